The third-order valence-electron chi connectivity index (χ3n) is 15.2. The Morgan fingerprint density at radius 1 is 0.333 bits per heavy atom. The van der Waals surface area contributed by atoms with E-state index in [2.05, 4.69) is 55.4 Å². The quantitative estimate of drug-likeness (QED) is 0.0222. The van der Waals surface area contributed by atoms with Gasteiger partial charge >= 0.3 is 39.5 Å². The molecule has 498 valence electrons. The van der Waals surface area contributed by atoms with Gasteiger partial charge in [-0.15, -0.1) is 0 Å². The summed E-state index contributed by atoms with van der Waals surface area (Å²) in [5.41, 5.74) is 0. The summed E-state index contributed by atoms with van der Waals surface area (Å²) in [6.07, 6.45) is 35.0. The minimum Gasteiger partial charge on any atom is -0.462 e. The fourth-order valence-corrected chi connectivity index (χ4v) is 11.2. The van der Waals surface area contributed by atoms with E-state index in [1.165, 1.54) is 109 Å². The number of carbonyl (C=O) groups is 4. The van der Waals surface area contributed by atoms with Crippen molar-refractivity contribution in [2.75, 3.05) is 39.6 Å². The summed E-state index contributed by atoms with van der Waals surface area (Å²) in [4.78, 5) is 72.2. The van der Waals surface area contributed by atoms with E-state index in [0.717, 1.165) is 108 Å². The summed E-state index contributed by atoms with van der Waals surface area (Å²) < 4.78 is 68.0. The number of ether oxygens (including phenoxy) is 4. The molecule has 0 rings (SSSR count). The highest BCUT2D eigenvalue weighted by Crippen LogP contribution is 2.45. The van der Waals surface area contributed by atoms with Gasteiger partial charge in [-0.2, -0.15) is 0 Å². The molecular formula is C65H126O17P2. The van der Waals surface area contributed by atoms with Crippen LogP contribution in [0.3, 0.4) is 0 Å². The lowest BCUT2D eigenvalue weighted by Gasteiger charge is -2.21. The smallest absolute Gasteiger partial charge is 0.462 e. The van der Waals surface area contributed by atoms with Crippen LogP contribution in [0.4, 0.5) is 0 Å². The molecule has 3 N–H and O–H groups in total. The predicted octanol–water partition coefficient (Wildman–Crippen LogP) is 17.8. The maximum Gasteiger partial charge on any atom is 0.472 e. The maximum absolute atomic E-state index is 13.0. The average Bonchev–Trinajstić information content (AvgIpc) is 3.46. The molecule has 0 spiro atoms. The Morgan fingerprint density at radius 3 is 0.845 bits per heavy atom. The second-order valence-corrected chi connectivity index (χ2v) is 28.1. The topological polar surface area (TPSA) is 237 Å². The molecule has 3 unspecified atom stereocenters. The van der Waals surface area contributed by atoms with E-state index in [9.17, 15) is 43.2 Å². The highest BCUT2D eigenvalue weighted by molar-refractivity contribution is 7.47. The Morgan fingerprint density at radius 2 is 0.571 bits per heavy atom. The molecule has 0 aliphatic rings. The van der Waals surface area contributed by atoms with Crippen molar-refractivity contribution in [3.05, 3.63) is 0 Å². The van der Waals surface area contributed by atoms with Gasteiger partial charge in [0.05, 0.1) is 26.4 Å². The Bertz CT molecular complexity index is 1680. The van der Waals surface area contributed by atoms with Gasteiger partial charge in [-0.05, 0) is 49.4 Å². The SMILES string of the molecule is CCC(C)CCCCCCCCCCC(=O)O[C@H](COC(=O)CCCCCCCCCCCCC(C)C)COP(=O)(O)OC[C@@H](O)COP(=O)(O)OC[C@@H](COC(=O)CCCCCCCCC(C)C)OC(=O)CCCCCCCCCC(C)C. The molecule has 0 aliphatic carbocycles. The largest absolute Gasteiger partial charge is 0.472 e. The van der Waals surface area contributed by atoms with Crippen molar-refractivity contribution >= 4 is 39.5 Å². The number of carbonyl (C=O) groups excluding carboxylic acids is 4. The number of hydrogen-bond donors (Lipinski definition) is 3. The van der Waals surface area contributed by atoms with Crippen molar-refractivity contribution < 1.29 is 80.2 Å². The molecule has 19 heteroatoms. The minimum atomic E-state index is -4.95. The van der Waals surface area contributed by atoms with Crippen molar-refractivity contribution in [3.63, 3.8) is 0 Å². The molecule has 0 bridgehead atoms. The molecule has 0 heterocycles. The van der Waals surface area contributed by atoms with E-state index in [1.807, 2.05) is 0 Å². The number of esters is 4. The lowest BCUT2D eigenvalue weighted by molar-refractivity contribution is -0.161. The standard InChI is InChI=1S/C65H126O17P2/c1-9-58(8)44-36-28-19-14-15-21-31-39-47-64(69)81-60(51-75-62(67)45-37-29-20-13-11-10-12-17-25-33-41-55(2)3)53-79-83(71,72)77-49-59(66)50-78-84(73,74)80-54-61(52-76-63(68)46-38-30-24-23-27-35-43-57(6)7)82-65(70)48-40-32-22-16-18-26-34-42-56(4)5/h55-61,66H,9-54H2,1-8H3,(H,71,72)(H,73,74)/t58?,59-,60-,61-/m1/s1. The van der Waals surface area contributed by atoms with Crippen LogP contribution < -0.4 is 0 Å². The van der Waals surface area contributed by atoms with Crippen molar-refractivity contribution in [1.29, 1.82) is 0 Å². The lowest BCUT2D eigenvalue weighted by Crippen LogP contribution is -2.30. The first-order valence-electron chi connectivity index (χ1n) is 33.7. The first kappa shape index (κ1) is 82.1. The molecule has 17 nitrogen and oxygen atoms in total. The highest BCUT2D eigenvalue weighted by Gasteiger charge is 2.30. The summed E-state index contributed by atoms with van der Waals surface area (Å²) in [5.74, 6) is 0.762. The van der Waals surface area contributed by atoms with Gasteiger partial charge in [-0.25, -0.2) is 9.13 Å². The second kappa shape index (κ2) is 55.2. The molecular weight excluding hydrogens is 1110 g/mol. The molecule has 0 saturated heterocycles. The lowest BCUT2D eigenvalue weighted by atomic mass is 9.99. The number of phosphoric ester groups is 2. The first-order chi connectivity index (χ1) is 40.1. The zero-order valence-electron chi connectivity index (χ0n) is 54.5. The number of unbranched alkanes of at least 4 members (excludes halogenated alkanes) is 27. The van der Waals surface area contributed by atoms with Crippen molar-refractivity contribution in [2.45, 2.75) is 331 Å². The Balaban J connectivity index is 5.25. The van der Waals surface area contributed by atoms with Gasteiger partial charge in [0.2, 0.25) is 0 Å². The van der Waals surface area contributed by atoms with E-state index >= 15 is 0 Å². The van der Waals surface area contributed by atoms with Crippen LogP contribution in [0.25, 0.3) is 0 Å². The van der Waals surface area contributed by atoms with Gasteiger partial charge in [-0.1, -0.05) is 261 Å². The van der Waals surface area contributed by atoms with E-state index in [1.54, 1.807) is 0 Å². The third-order valence-corrected chi connectivity index (χ3v) is 17.1. The normalized spacial score (nSPS) is 14.7. The van der Waals surface area contributed by atoms with Gasteiger partial charge in [0, 0.05) is 25.7 Å². The van der Waals surface area contributed by atoms with Gasteiger partial charge in [-0.3, -0.25) is 37.3 Å². The Kier molecular flexibility index (Phi) is 53.9. The molecule has 0 radical (unpaired) electrons. The van der Waals surface area contributed by atoms with E-state index in [-0.39, 0.29) is 25.7 Å². The second-order valence-electron chi connectivity index (χ2n) is 25.2. The summed E-state index contributed by atoms with van der Waals surface area (Å²) in [5, 5.41) is 10.5. The van der Waals surface area contributed by atoms with Crippen molar-refractivity contribution in [3.8, 4) is 0 Å². The van der Waals surface area contributed by atoms with Gasteiger partial charge < -0.3 is 33.8 Å². The van der Waals surface area contributed by atoms with Gasteiger partial charge in [0.15, 0.2) is 12.2 Å². The fourth-order valence-electron chi connectivity index (χ4n) is 9.57. The fraction of sp³-hybridized carbons (Fsp3) is 0.938. The summed E-state index contributed by atoms with van der Waals surface area (Å²) >= 11 is 0. The zero-order valence-corrected chi connectivity index (χ0v) is 56.3. The summed E-state index contributed by atoms with van der Waals surface area (Å²) in [6.45, 7) is 13.9. The molecule has 0 aliphatic heterocycles. The monoisotopic (exact) mass is 1240 g/mol. The van der Waals surface area contributed by atoms with Crippen molar-refractivity contribution in [2.24, 2.45) is 23.7 Å². The predicted molar refractivity (Wildman–Crippen MR) is 335 cm³/mol. The zero-order chi connectivity index (χ0) is 62.5. The number of phosphoric acid groups is 2. The number of hydrogen-bond acceptors (Lipinski definition) is 15. The molecule has 0 aromatic carbocycles. The van der Waals surface area contributed by atoms with Crippen LogP contribution in [-0.2, 0) is 65.4 Å². The molecule has 6 atom stereocenters. The molecule has 0 aromatic heterocycles. The number of aliphatic hydroxyl groups is 1. The van der Waals surface area contributed by atoms with Gasteiger partial charge in [0.25, 0.3) is 0 Å². The van der Waals surface area contributed by atoms with Crippen LogP contribution in [0.5, 0.6) is 0 Å². The van der Waals surface area contributed by atoms with Gasteiger partial charge in [0.1, 0.15) is 19.3 Å². The summed E-state index contributed by atoms with van der Waals surface area (Å²) in [6, 6.07) is 0. The maximum atomic E-state index is 13.0. The van der Waals surface area contributed by atoms with Crippen LogP contribution in [-0.4, -0.2) is 96.7 Å². The third kappa shape index (κ3) is 57.8. The van der Waals surface area contributed by atoms with Crippen LogP contribution in [0.2, 0.25) is 0 Å². The summed E-state index contributed by atoms with van der Waals surface area (Å²) in [7, 11) is -9.89. The molecule has 0 aromatic rings. The number of rotatable bonds is 62. The molecule has 0 saturated carbocycles. The van der Waals surface area contributed by atoms with Crippen LogP contribution in [0.15, 0.2) is 0 Å². The number of aliphatic hydroxyl groups excluding tert-OH is 1. The van der Waals surface area contributed by atoms with E-state index < -0.39 is 97.5 Å². The Labute approximate surface area is 511 Å². The molecule has 0 fully saturated rings. The molecule has 0 amide bonds. The van der Waals surface area contributed by atoms with E-state index in [0.29, 0.717) is 37.5 Å². The van der Waals surface area contributed by atoms with Crippen molar-refractivity contribution in [1.82, 2.24) is 0 Å². The molecule has 84 heavy (non-hydrogen) atoms. The van der Waals surface area contributed by atoms with Crippen LogP contribution >= 0.6 is 15.6 Å². The highest BCUT2D eigenvalue weighted by atomic mass is 31.2. The van der Waals surface area contributed by atoms with Crippen LogP contribution in [0, 0.1) is 23.7 Å². The van der Waals surface area contributed by atoms with E-state index in [4.69, 9.17) is 37.0 Å². The first-order valence-corrected chi connectivity index (χ1v) is 36.7. The van der Waals surface area contributed by atoms with Crippen LogP contribution in [0.1, 0.15) is 312 Å². The minimum absolute atomic E-state index is 0.102. The average molecular weight is 1240 g/mol. The Hall–Kier alpha value is -1.94.